The molecule has 0 fully saturated rings. The fourth-order valence-corrected chi connectivity index (χ4v) is 4.02. The first-order valence-corrected chi connectivity index (χ1v) is 10.8. The molecule has 0 saturated carbocycles. The molecule has 160 valence electrons. The first-order chi connectivity index (χ1) is 14.9. The van der Waals surface area contributed by atoms with Crippen molar-refractivity contribution in [1.82, 2.24) is 15.0 Å². The van der Waals surface area contributed by atoms with E-state index in [1.165, 1.54) is 0 Å². The molecule has 6 nitrogen and oxygen atoms in total. The molecule has 0 aliphatic carbocycles. The third-order valence-corrected chi connectivity index (χ3v) is 5.76. The van der Waals surface area contributed by atoms with Crippen LogP contribution in [0.15, 0.2) is 48.5 Å². The quantitative estimate of drug-likeness (QED) is 0.584. The zero-order chi connectivity index (χ0) is 22.1. The molecular formula is C25H28N4O2. The molecule has 31 heavy (non-hydrogen) atoms. The van der Waals surface area contributed by atoms with E-state index in [9.17, 15) is 9.59 Å². The summed E-state index contributed by atoms with van der Waals surface area (Å²) in [6.45, 7) is 8.31. The van der Waals surface area contributed by atoms with E-state index in [4.69, 9.17) is 0 Å². The predicted octanol–water partition coefficient (Wildman–Crippen LogP) is 5.04. The van der Waals surface area contributed by atoms with E-state index in [1.54, 1.807) is 0 Å². The summed E-state index contributed by atoms with van der Waals surface area (Å²) in [6.07, 6.45) is 0.454. The highest BCUT2D eigenvalue weighted by molar-refractivity contribution is 6.01. The number of Topliss-reactive ketones (excluding diaryl/α,β-unsaturated/α-hetero) is 1. The Hall–Kier alpha value is -3.28. The molecule has 0 unspecified atom stereocenters. The van der Waals surface area contributed by atoms with Crippen molar-refractivity contribution >= 4 is 17.4 Å². The molecule has 0 bridgehead atoms. The fourth-order valence-electron chi connectivity index (χ4n) is 4.02. The lowest BCUT2D eigenvalue weighted by molar-refractivity contribution is -0.125. The van der Waals surface area contributed by atoms with E-state index in [2.05, 4.69) is 24.2 Å². The van der Waals surface area contributed by atoms with Crippen LogP contribution in [0.2, 0.25) is 0 Å². The molecule has 4 rings (SSSR count). The molecule has 1 amide bonds. The summed E-state index contributed by atoms with van der Waals surface area (Å²) < 4.78 is 1.92. The lowest BCUT2D eigenvalue weighted by atomic mass is 9.95. The number of hydrogen-bond acceptors (Lipinski definition) is 4. The van der Waals surface area contributed by atoms with Crippen LogP contribution in [-0.4, -0.2) is 26.7 Å². The van der Waals surface area contributed by atoms with Gasteiger partial charge in [-0.2, -0.15) is 0 Å². The van der Waals surface area contributed by atoms with E-state index in [1.807, 2.05) is 72.0 Å². The summed E-state index contributed by atoms with van der Waals surface area (Å²) in [5, 5.41) is 8.98. The average Bonchev–Trinajstić information content (AvgIpc) is 3.19. The Labute approximate surface area is 182 Å². The molecule has 1 aromatic heterocycles. The third kappa shape index (κ3) is 3.90. The molecule has 2 heterocycles. The standard InChI is InChI=1S/C25H28N4O2/c1-16(2)22(30)13-14-23(31)28-15-18-9-5-6-10-19(18)24-25(29(17(3)4)27-26-24)20-11-7-8-12-21(20)28/h5-12,16-17H,13-15H2,1-4H3. The van der Waals surface area contributed by atoms with Gasteiger partial charge in [-0.05, 0) is 25.5 Å². The van der Waals surface area contributed by atoms with Crippen molar-refractivity contribution in [1.29, 1.82) is 0 Å². The van der Waals surface area contributed by atoms with Crippen molar-refractivity contribution in [2.24, 2.45) is 5.92 Å². The maximum atomic E-state index is 13.4. The van der Waals surface area contributed by atoms with Crippen molar-refractivity contribution < 1.29 is 9.59 Å². The molecule has 1 aliphatic heterocycles. The second-order valence-electron chi connectivity index (χ2n) is 8.60. The molecule has 3 aromatic rings. The highest BCUT2D eigenvalue weighted by Gasteiger charge is 2.29. The normalized spacial score (nSPS) is 12.8. The predicted molar refractivity (Wildman–Crippen MR) is 122 cm³/mol. The minimum Gasteiger partial charge on any atom is -0.307 e. The molecular weight excluding hydrogens is 388 g/mol. The number of carbonyl (C=O) groups excluding carboxylic acids is 2. The minimum atomic E-state index is -0.0674. The first kappa shape index (κ1) is 21.0. The van der Waals surface area contributed by atoms with E-state index < -0.39 is 0 Å². The van der Waals surface area contributed by atoms with Crippen LogP contribution in [0.3, 0.4) is 0 Å². The Bertz CT molecular complexity index is 1130. The Morgan fingerprint density at radius 3 is 2.32 bits per heavy atom. The van der Waals surface area contributed by atoms with Gasteiger partial charge in [0, 0.05) is 35.9 Å². The SMILES string of the molecule is CC(C)C(=O)CCC(=O)N1Cc2ccccc2-c2nnn(C(C)C)c2-c2ccccc21. The van der Waals surface area contributed by atoms with Gasteiger partial charge in [-0.15, -0.1) is 5.10 Å². The van der Waals surface area contributed by atoms with Crippen LogP contribution in [0.5, 0.6) is 0 Å². The number of fused-ring (bicyclic) bond motifs is 5. The smallest absolute Gasteiger partial charge is 0.227 e. The molecule has 0 spiro atoms. The summed E-state index contributed by atoms with van der Waals surface area (Å²) in [4.78, 5) is 27.3. The number of para-hydroxylation sites is 1. The van der Waals surface area contributed by atoms with Crippen LogP contribution in [-0.2, 0) is 16.1 Å². The van der Waals surface area contributed by atoms with Crippen molar-refractivity contribution in [2.75, 3.05) is 4.90 Å². The average molecular weight is 417 g/mol. The fraction of sp³-hybridized carbons (Fsp3) is 0.360. The Morgan fingerprint density at radius 1 is 0.935 bits per heavy atom. The minimum absolute atomic E-state index is 0.0525. The number of rotatable bonds is 5. The number of ketones is 1. The molecule has 0 saturated heterocycles. The highest BCUT2D eigenvalue weighted by atomic mass is 16.2. The zero-order valence-corrected chi connectivity index (χ0v) is 18.5. The lowest BCUT2D eigenvalue weighted by Crippen LogP contribution is -2.32. The van der Waals surface area contributed by atoms with Crippen LogP contribution < -0.4 is 4.90 Å². The van der Waals surface area contributed by atoms with E-state index in [0.717, 1.165) is 33.8 Å². The topological polar surface area (TPSA) is 68.1 Å². The maximum Gasteiger partial charge on any atom is 0.227 e. The first-order valence-electron chi connectivity index (χ1n) is 10.8. The van der Waals surface area contributed by atoms with Gasteiger partial charge in [-0.3, -0.25) is 9.59 Å². The van der Waals surface area contributed by atoms with Crippen LogP contribution in [0, 0.1) is 5.92 Å². The van der Waals surface area contributed by atoms with E-state index in [-0.39, 0.29) is 36.5 Å². The molecule has 0 atom stereocenters. The van der Waals surface area contributed by atoms with Gasteiger partial charge in [0.25, 0.3) is 0 Å². The summed E-state index contributed by atoms with van der Waals surface area (Å²) in [5.74, 6) is -0.0103. The number of nitrogens with zero attached hydrogens (tertiary/aromatic N) is 4. The molecule has 0 radical (unpaired) electrons. The number of amides is 1. The van der Waals surface area contributed by atoms with Crippen molar-refractivity contribution in [2.45, 2.75) is 53.1 Å². The molecule has 0 N–H and O–H groups in total. The summed E-state index contributed by atoms with van der Waals surface area (Å²) in [5.41, 5.74) is 5.49. The monoisotopic (exact) mass is 416 g/mol. The Morgan fingerprint density at radius 2 is 1.61 bits per heavy atom. The highest BCUT2D eigenvalue weighted by Crippen LogP contribution is 2.42. The lowest BCUT2D eigenvalue weighted by Gasteiger charge is -2.29. The zero-order valence-electron chi connectivity index (χ0n) is 18.5. The Balaban J connectivity index is 1.87. The van der Waals surface area contributed by atoms with E-state index in [0.29, 0.717) is 6.54 Å². The van der Waals surface area contributed by atoms with Gasteiger partial charge in [0.1, 0.15) is 11.5 Å². The van der Waals surface area contributed by atoms with Crippen LogP contribution in [0.1, 0.15) is 52.1 Å². The third-order valence-electron chi connectivity index (χ3n) is 5.76. The van der Waals surface area contributed by atoms with Gasteiger partial charge in [0.15, 0.2) is 0 Å². The number of benzene rings is 2. The number of anilines is 1. The molecule has 1 aliphatic rings. The number of aromatic nitrogens is 3. The number of carbonyl (C=O) groups is 2. The van der Waals surface area contributed by atoms with Crippen molar-refractivity contribution in [3.05, 3.63) is 54.1 Å². The Kier molecular flexibility index (Phi) is 5.72. The number of hydrogen-bond donors (Lipinski definition) is 0. The van der Waals surface area contributed by atoms with E-state index >= 15 is 0 Å². The van der Waals surface area contributed by atoms with Gasteiger partial charge in [-0.25, -0.2) is 4.68 Å². The van der Waals surface area contributed by atoms with Crippen LogP contribution >= 0.6 is 0 Å². The largest absolute Gasteiger partial charge is 0.307 e. The molecule has 6 heteroatoms. The van der Waals surface area contributed by atoms with Gasteiger partial charge in [0.2, 0.25) is 5.91 Å². The summed E-state index contributed by atoms with van der Waals surface area (Å²) in [6, 6.07) is 16.0. The summed E-state index contributed by atoms with van der Waals surface area (Å²) >= 11 is 0. The molecule has 2 aromatic carbocycles. The van der Waals surface area contributed by atoms with Gasteiger partial charge >= 0.3 is 0 Å². The van der Waals surface area contributed by atoms with Crippen LogP contribution in [0.4, 0.5) is 5.69 Å². The van der Waals surface area contributed by atoms with Crippen LogP contribution in [0.25, 0.3) is 22.5 Å². The maximum absolute atomic E-state index is 13.4. The van der Waals surface area contributed by atoms with Crippen molar-refractivity contribution in [3.63, 3.8) is 0 Å². The van der Waals surface area contributed by atoms with Crippen molar-refractivity contribution in [3.8, 4) is 22.5 Å². The van der Waals surface area contributed by atoms with Gasteiger partial charge in [0.05, 0.1) is 17.9 Å². The van der Waals surface area contributed by atoms with Gasteiger partial charge in [-0.1, -0.05) is 61.5 Å². The second-order valence-corrected chi connectivity index (χ2v) is 8.60. The second kappa shape index (κ2) is 8.46. The van der Waals surface area contributed by atoms with Gasteiger partial charge < -0.3 is 4.90 Å². The summed E-state index contributed by atoms with van der Waals surface area (Å²) in [7, 11) is 0.